The van der Waals surface area contributed by atoms with E-state index in [1.165, 1.54) is 7.11 Å². The zero-order chi connectivity index (χ0) is 15.7. The zero-order valence-corrected chi connectivity index (χ0v) is 16.6. The van der Waals surface area contributed by atoms with Gasteiger partial charge in [-0.05, 0) is 57.3 Å². The van der Waals surface area contributed by atoms with E-state index >= 15 is 0 Å². The molecule has 5 nitrogen and oxygen atoms in total. The normalized spacial score (nSPS) is 10.2. The van der Waals surface area contributed by atoms with E-state index in [2.05, 4.69) is 61.1 Å². The van der Waals surface area contributed by atoms with Crippen molar-refractivity contribution in [2.45, 2.75) is 0 Å². The Morgan fingerprint density at radius 3 is 2.48 bits per heavy atom. The molecule has 108 valence electrons. The molecule has 1 aromatic carbocycles. The molecule has 0 aliphatic carbocycles. The van der Waals surface area contributed by atoms with E-state index in [-0.39, 0.29) is 16.9 Å². The summed E-state index contributed by atoms with van der Waals surface area (Å²) in [6.07, 6.45) is 1.55. The highest BCUT2D eigenvalue weighted by atomic mass is 127. The number of hydrogen-bond acceptors (Lipinski definition) is 4. The fraction of sp³-hybridized carbons (Fsp3) is 0.0769. The Balaban J connectivity index is 2.82. The second-order valence-electron chi connectivity index (χ2n) is 4.00. The monoisotopic (exact) mass is 571 g/mol. The molecule has 0 unspecified atom stereocenters. The summed E-state index contributed by atoms with van der Waals surface area (Å²) in [6, 6.07) is 5.82. The maximum atomic E-state index is 12.0. The molecule has 0 spiro atoms. The molecule has 2 aromatic rings. The van der Waals surface area contributed by atoms with Crippen molar-refractivity contribution in [3.8, 4) is 11.8 Å². The summed E-state index contributed by atoms with van der Waals surface area (Å²) in [7, 11) is 1.28. The molecule has 0 atom stereocenters. The maximum Gasteiger partial charge on any atom is 0.357 e. The van der Waals surface area contributed by atoms with Gasteiger partial charge in [-0.1, -0.05) is 15.9 Å². The van der Waals surface area contributed by atoms with E-state index in [0.717, 1.165) is 17.3 Å². The van der Waals surface area contributed by atoms with Crippen LogP contribution in [0.2, 0.25) is 0 Å². The Kier molecular flexibility index (Phi) is 5.15. The van der Waals surface area contributed by atoms with Crippen LogP contribution in [0.3, 0.4) is 0 Å². The third-order valence-electron chi connectivity index (χ3n) is 2.77. The standard InChI is InChI=1S/C13H8BrI2N3O2/c1-21-13(20)12-10(18)6(4-17)5-19(12)11-8(15)2-7(14)3-9(11)16/h2-3,5H,18H2,1H3. The number of methoxy groups -OCH3 is 1. The van der Waals surface area contributed by atoms with Crippen LogP contribution in [0.4, 0.5) is 5.69 Å². The van der Waals surface area contributed by atoms with Crippen molar-refractivity contribution < 1.29 is 9.53 Å². The van der Waals surface area contributed by atoms with Crippen LogP contribution in [0.5, 0.6) is 0 Å². The van der Waals surface area contributed by atoms with Gasteiger partial charge >= 0.3 is 5.97 Å². The molecule has 0 radical (unpaired) electrons. The summed E-state index contributed by atoms with van der Waals surface area (Å²) in [6.45, 7) is 0. The predicted molar refractivity (Wildman–Crippen MR) is 99.4 cm³/mol. The van der Waals surface area contributed by atoms with Crippen LogP contribution >= 0.6 is 61.1 Å². The van der Waals surface area contributed by atoms with Gasteiger partial charge in [0.15, 0.2) is 5.69 Å². The average Bonchev–Trinajstić information content (AvgIpc) is 2.73. The van der Waals surface area contributed by atoms with Crippen LogP contribution in [0.25, 0.3) is 5.69 Å². The fourth-order valence-corrected chi connectivity index (χ4v) is 5.46. The van der Waals surface area contributed by atoms with Gasteiger partial charge in [-0.25, -0.2) is 4.79 Å². The molecule has 0 aliphatic rings. The number of halogens is 3. The zero-order valence-electron chi connectivity index (χ0n) is 10.7. The number of hydrogen-bond donors (Lipinski definition) is 1. The minimum absolute atomic E-state index is 0.124. The van der Waals surface area contributed by atoms with Gasteiger partial charge in [0.1, 0.15) is 6.07 Å². The molecule has 0 fully saturated rings. The number of nitriles is 1. The number of carbonyl (C=O) groups excluding carboxylic acids is 1. The highest BCUT2D eigenvalue weighted by molar-refractivity contribution is 14.1. The minimum atomic E-state index is -0.580. The van der Waals surface area contributed by atoms with E-state index in [1.807, 2.05) is 18.2 Å². The lowest BCUT2D eigenvalue weighted by molar-refractivity contribution is 0.0593. The van der Waals surface area contributed by atoms with Gasteiger partial charge in [0, 0.05) is 17.8 Å². The third-order valence-corrected chi connectivity index (χ3v) is 4.87. The Morgan fingerprint density at radius 2 is 2.00 bits per heavy atom. The topological polar surface area (TPSA) is 81.0 Å². The van der Waals surface area contributed by atoms with Crippen molar-refractivity contribution in [1.82, 2.24) is 4.57 Å². The van der Waals surface area contributed by atoms with Crippen LogP contribution in [0.15, 0.2) is 22.8 Å². The van der Waals surface area contributed by atoms with E-state index in [0.29, 0.717) is 0 Å². The first-order chi connectivity index (χ1) is 9.90. The van der Waals surface area contributed by atoms with E-state index in [4.69, 9.17) is 15.7 Å². The molecule has 2 rings (SSSR count). The SMILES string of the molecule is COC(=O)c1c(N)c(C#N)cn1-c1c(I)cc(Br)cc1I. The second kappa shape index (κ2) is 6.53. The molecule has 21 heavy (non-hydrogen) atoms. The summed E-state index contributed by atoms with van der Waals surface area (Å²) in [5, 5.41) is 9.13. The predicted octanol–water partition coefficient (Wildman–Crippen LogP) is 3.69. The van der Waals surface area contributed by atoms with Crippen molar-refractivity contribution in [1.29, 1.82) is 5.26 Å². The van der Waals surface area contributed by atoms with Crippen molar-refractivity contribution in [3.05, 3.63) is 41.2 Å². The molecule has 1 heterocycles. The van der Waals surface area contributed by atoms with Crippen molar-refractivity contribution in [2.24, 2.45) is 0 Å². The second-order valence-corrected chi connectivity index (χ2v) is 7.24. The van der Waals surface area contributed by atoms with Crippen molar-refractivity contribution in [3.63, 3.8) is 0 Å². The average molecular weight is 572 g/mol. The Bertz CT molecular complexity index is 757. The number of carbonyl (C=O) groups is 1. The van der Waals surface area contributed by atoms with Gasteiger partial charge in [-0.3, -0.25) is 0 Å². The number of aromatic nitrogens is 1. The molecule has 1 aromatic heterocycles. The number of ether oxygens (including phenoxy) is 1. The van der Waals surface area contributed by atoms with E-state index in [1.54, 1.807) is 10.8 Å². The largest absolute Gasteiger partial charge is 0.464 e. The first kappa shape index (κ1) is 16.6. The van der Waals surface area contributed by atoms with Crippen molar-refractivity contribution >= 4 is 72.8 Å². The molecule has 0 saturated heterocycles. The quantitative estimate of drug-likeness (QED) is 0.440. The maximum absolute atomic E-state index is 12.0. The first-order valence-corrected chi connectivity index (χ1v) is 8.50. The summed E-state index contributed by atoms with van der Waals surface area (Å²) < 4.78 is 9.14. The third kappa shape index (κ3) is 3.04. The lowest BCUT2D eigenvalue weighted by atomic mass is 10.2. The minimum Gasteiger partial charge on any atom is -0.464 e. The lowest BCUT2D eigenvalue weighted by Crippen LogP contribution is -2.12. The molecule has 0 bridgehead atoms. The van der Waals surface area contributed by atoms with Gasteiger partial charge in [0.2, 0.25) is 0 Å². The van der Waals surface area contributed by atoms with Crippen LogP contribution < -0.4 is 5.73 Å². The van der Waals surface area contributed by atoms with Gasteiger partial charge in [-0.2, -0.15) is 5.26 Å². The van der Waals surface area contributed by atoms with Crippen molar-refractivity contribution in [2.75, 3.05) is 12.8 Å². The highest BCUT2D eigenvalue weighted by Gasteiger charge is 2.24. The summed E-state index contributed by atoms with van der Waals surface area (Å²) in [4.78, 5) is 12.0. The van der Waals surface area contributed by atoms with Gasteiger partial charge in [0.05, 0.1) is 24.0 Å². The number of nitrogens with two attached hydrogens (primary N) is 1. The lowest BCUT2D eigenvalue weighted by Gasteiger charge is -2.13. The molecule has 0 amide bonds. The van der Waals surface area contributed by atoms with Crippen LogP contribution in [0.1, 0.15) is 16.1 Å². The molecule has 0 saturated carbocycles. The molecule has 8 heteroatoms. The van der Waals surface area contributed by atoms with Gasteiger partial charge in [0.25, 0.3) is 0 Å². The number of esters is 1. The number of benzene rings is 1. The number of nitrogens with zero attached hydrogens (tertiary/aromatic N) is 2. The van der Waals surface area contributed by atoms with Crippen LogP contribution in [0, 0.1) is 18.5 Å². The summed E-state index contributed by atoms with van der Waals surface area (Å²) in [5.41, 5.74) is 7.21. The molecular weight excluding hydrogens is 564 g/mol. The highest BCUT2D eigenvalue weighted by Crippen LogP contribution is 2.32. The van der Waals surface area contributed by atoms with E-state index in [9.17, 15) is 4.79 Å². The smallest absolute Gasteiger partial charge is 0.357 e. The number of nitrogen functional groups attached to an aromatic ring is 1. The van der Waals surface area contributed by atoms with E-state index < -0.39 is 5.97 Å². The van der Waals surface area contributed by atoms with Gasteiger partial charge in [-0.15, -0.1) is 0 Å². The van der Waals surface area contributed by atoms with Crippen LogP contribution in [-0.4, -0.2) is 17.6 Å². The first-order valence-electron chi connectivity index (χ1n) is 5.54. The Morgan fingerprint density at radius 1 is 1.43 bits per heavy atom. The molecule has 0 aliphatic heterocycles. The van der Waals surface area contributed by atoms with Crippen LogP contribution in [-0.2, 0) is 4.74 Å². The fourth-order valence-electron chi connectivity index (χ4n) is 1.86. The summed E-state index contributed by atoms with van der Waals surface area (Å²) in [5.74, 6) is -0.580. The molecular formula is C13H8BrI2N3O2. The summed E-state index contributed by atoms with van der Waals surface area (Å²) >= 11 is 7.76. The Hall–Kier alpha value is -0.800. The number of anilines is 1. The Labute approximate surface area is 156 Å². The molecule has 2 N–H and O–H groups in total. The number of rotatable bonds is 2. The van der Waals surface area contributed by atoms with Gasteiger partial charge < -0.3 is 15.0 Å².